The van der Waals surface area contributed by atoms with E-state index in [0.717, 1.165) is 24.3 Å². The van der Waals surface area contributed by atoms with Gasteiger partial charge >= 0.3 is 0 Å². The molecule has 0 amide bonds. The summed E-state index contributed by atoms with van der Waals surface area (Å²) in [5.74, 6) is 0. The van der Waals surface area contributed by atoms with Crippen molar-refractivity contribution in [3.63, 3.8) is 0 Å². The van der Waals surface area contributed by atoms with Crippen molar-refractivity contribution in [1.29, 1.82) is 0 Å². The Bertz CT molecular complexity index is 805. The summed E-state index contributed by atoms with van der Waals surface area (Å²) in [5, 5.41) is 10.5. The van der Waals surface area contributed by atoms with E-state index in [0.29, 0.717) is 0 Å². The van der Waals surface area contributed by atoms with Crippen LogP contribution in [-0.4, -0.2) is 27.9 Å². The third-order valence-electron chi connectivity index (χ3n) is 5.12. The van der Waals surface area contributed by atoms with Crippen molar-refractivity contribution >= 4 is 39.3 Å². The Kier molecular flexibility index (Phi) is 6.98. The van der Waals surface area contributed by atoms with Gasteiger partial charge < -0.3 is 0 Å². The number of nitrogens with zero attached hydrogens (tertiary/aromatic N) is 4. The molecule has 0 heterocycles. The Morgan fingerprint density at radius 2 is 0.900 bits per heavy atom. The molecule has 30 heavy (non-hydrogen) atoms. The zero-order valence-corrected chi connectivity index (χ0v) is 21.4. The lowest BCUT2D eigenvalue weighted by Gasteiger charge is -2.35. The molecule has 0 aliphatic heterocycles. The van der Waals surface area contributed by atoms with Crippen molar-refractivity contribution in [3.05, 3.63) is 60.7 Å². The first-order chi connectivity index (χ1) is 14.2. The lowest BCUT2D eigenvalue weighted by molar-refractivity contribution is 0.771. The predicted molar refractivity (Wildman–Crippen MR) is 138 cm³/mol. The topological polar surface area (TPSA) is 31.2 Å². The molecule has 1 aliphatic carbocycles. The fourth-order valence-corrected chi connectivity index (χ4v) is 6.35. The van der Waals surface area contributed by atoms with Crippen LogP contribution in [-0.2, 0) is 0 Å². The Hall–Kier alpha value is -2.19. The number of anilines is 2. The van der Waals surface area contributed by atoms with Crippen molar-refractivity contribution in [2.24, 2.45) is 10.2 Å². The Morgan fingerprint density at radius 1 is 0.567 bits per heavy atom. The minimum Gasteiger partial charge on any atom is -0.295 e. The number of benzene rings is 2. The van der Waals surface area contributed by atoms with Gasteiger partial charge in [-0.3, -0.25) is 9.35 Å². The zero-order chi connectivity index (χ0) is 21.8. The molecule has 0 radical (unpaired) electrons. The Morgan fingerprint density at radius 3 is 1.20 bits per heavy atom. The van der Waals surface area contributed by atoms with Gasteiger partial charge in [0.1, 0.15) is 0 Å². The van der Waals surface area contributed by atoms with E-state index >= 15 is 0 Å². The lowest BCUT2D eigenvalue weighted by atomic mass is 9.96. The van der Waals surface area contributed by atoms with E-state index in [1.54, 1.807) is 0 Å². The highest BCUT2D eigenvalue weighted by molar-refractivity contribution is 6.80. The SMILES string of the molecule is C[Si](C)(C)N(N=C1CCCCC1=NN(c1ccccc1)[Si](C)(C)C)c1ccccc1. The average Bonchev–Trinajstić information content (AvgIpc) is 2.70. The van der Waals surface area contributed by atoms with Crippen molar-refractivity contribution < 1.29 is 0 Å². The minimum absolute atomic E-state index is 1.00. The summed E-state index contributed by atoms with van der Waals surface area (Å²) >= 11 is 0. The molecule has 160 valence electrons. The molecule has 2 aromatic carbocycles. The van der Waals surface area contributed by atoms with Crippen LogP contribution in [0.25, 0.3) is 0 Å². The van der Waals surface area contributed by atoms with Crippen LogP contribution in [0.1, 0.15) is 25.7 Å². The van der Waals surface area contributed by atoms with Gasteiger partial charge in [-0.05, 0) is 89.2 Å². The molecule has 0 saturated heterocycles. The zero-order valence-electron chi connectivity index (χ0n) is 19.4. The molecular weight excluding hydrogens is 400 g/mol. The second-order valence-corrected chi connectivity index (χ2v) is 19.5. The highest BCUT2D eigenvalue weighted by Gasteiger charge is 2.29. The van der Waals surface area contributed by atoms with E-state index in [4.69, 9.17) is 10.2 Å². The van der Waals surface area contributed by atoms with Crippen LogP contribution >= 0.6 is 0 Å². The minimum atomic E-state index is -1.70. The van der Waals surface area contributed by atoms with E-state index in [1.165, 1.54) is 24.2 Å². The lowest BCUT2D eigenvalue weighted by Crippen LogP contribution is -2.45. The third-order valence-corrected chi connectivity index (χ3v) is 8.38. The highest BCUT2D eigenvalue weighted by Crippen LogP contribution is 2.26. The largest absolute Gasteiger partial charge is 0.295 e. The number of hydrazone groups is 2. The van der Waals surface area contributed by atoms with Crippen molar-refractivity contribution in [1.82, 2.24) is 0 Å². The number of hydrogen-bond donors (Lipinski definition) is 0. The summed E-state index contributed by atoms with van der Waals surface area (Å²) in [4.78, 5) is 0. The van der Waals surface area contributed by atoms with Gasteiger partial charge in [-0.25, -0.2) is 0 Å². The Labute approximate surface area is 184 Å². The first-order valence-electron chi connectivity index (χ1n) is 11.0. The van der Waals surface area contributed by atoms with Crippen LogP contribution in [0, 0.1) is 0 Å². The van der Waals surface area contributed by atoms with E-state index < -0.39 is 16.5 Å². The van der Waals surface area contributed by atoms with Gasteiger partial charge in [0, 0.05) is 11.4 Å². The quantitative estimate of drug-likeness (QED) is 0.362. The van der Waals surface area contributed by atoms with E-state index in [1.807, 2.05) is 0 Å². The molecule has 4 nitrogen and oxygen atoms in total. The van der Waals surface area contributed by atoms with Crippen LogP contribution in [0.5, 0.6) is 0 Å². The maximum absolute atomic E-state index is 5.26. The number of para-hydroxylation sites is 2. The number of hydrogen-bond acceptors (Lipinski definition) is 4. The molecule has 0 spiro atoms. The van der Waals surface area contributed by atoms with Gasteiger partial charge in [0.25, 0.3) is 0 Å². The van der Waals surface area contributed by atoms with Gasteiger partial charge in [0.15, 0.2) is 16.5 Å². The maximum Gasteiger partial charge on any atom is 0.176 e. The standard InChI is InChI=1S/C24H36N4Si2/c1-29(2,3)27(21-15-9-7-10-16-21)25-23-19-13-14-20-24(23)26-28(30(4,5)6)22-17-11-8-12-18-22/h7-12,15-18H,13-14,19-20H2,1-6H3. The summed E-state index contributed by atoms with van der Waals surface area (Å²) in [6, 6.07) is 21.2. The molecule has 1 fully saturated rings. The fourth-order valence-electron chi connectivity index (χ4n) is 3.66. The molecule has 0 atom stereocenters. The van der Waals surface area contributed by atoms with E-state index in [2.05, 4.69) is 109 Å². The maximum atomic E-state index is 5.26. The van der Waals surface area contributed by atoms with Crippen molar-refractivity contribution in [3.8, 4) is 0 Å². The van der Waals surface area contributed by atoms with Crippen molar-refractivity contribution in [2.75, 3.05) is 9.35 Å². The van der Waals surface area contributed by atoms with Crippen LogP contribution in [0.3, 0.4) is 0 Å². The van der Waals surface area contributed by atoms with Gasteiger partial charge in [0.05, 0.1) is 11.4 Å². The summed E-state index contributed by atoms with van der Waals surface area (Å²) in [6.07, 6.45) is 4.37. The highest BCUT2D eigenvalue weighted by atomic mass is 28.3. The number of rotatable bonds is 6. The monoisotopic (exact) mass is 436 g/mol. The molecule has 3 rings (SSSR count). The molecule has 0 aromatic heterocycles. The molecule has 6 heteroatoms. The van der Waals surface area contributed by atoms with Crippen molar-refractivity contribution in [2.45, 2.75) is 65.0 Å². The molecule has 1 saturated carbocycles. The normalized spacial score (nSPS) is 17.9. The van der Waals surface area contributed by atoms with E-state index in [9.17, 15) is 0 Å². The molecule has 0 unspecified atom stereocenters. The van der Waals surface area contributed by atoms with Crippen LogP contribution in [0.2, 0.25) is 39.3 Å². The Balaban J connectivity index is 2.04. The second kappa shape index (κ2) is 9.31. The van der Waals surface area contributed by atoms with Crippen LogP contribution in [0.15, 0.2) is 70.9 Å². The van der Waals surface area contributed by atoms with Crippen LogP contribution < -0.4 is 9.35 Å². The molecular formula is C24H36N4Si2. The first kappa shape index (κ1) is 22.5. The molecule has 0 bridgehead atoms. The van der Waals surface area contributed by atoms with Gasteiger partial charge in [0.2, 0.25) is 0 Å². The van der Waals surface area contributed by atoms with Gasteiger partial charge in [-0.15, -0.1) is 0 Å². The summed E-state index contributed by atoms with van der Waals surface area (Å²) in [6.45, 7) is 14.1. The first-order valence-corrected chi connectivity index (χ1v) is 17.9. The average molecular weight is 437 g/mol. The van der Waals surface area contributed by atoms with Crippen LogP contribution in [0.4, 0.5) is 11.4 Å². The third kappa shape index (κ3) is 5.70. The molecule has 1 aliphatic rings. The molecule has 0 N–H and O–H groups in total. The smallest absolute Gasteiger partial charge is 0.176 e. The predicted octanol–water partition coefficient (Wildman–Crippen LogP) is 6.96. The summed E-state index contributed by atoms with van der Waals surface area (Å²) in [7, 11) is -3.39. The van der Waals surface area contributed by atoms with Gasteiger partial charge in [-0.2, -0.15) is 10.2 Å². The second-order valence-electron chi connectivity index (χ2n) is 9.94. The summed E-state index contributed by atoms with van der Waals surface area (Å²) in [5.41, 5.74) is 4.68. The molecule has 2 aromatic rings. The van der Waals surface area contributed by atoms with Gasteiger partial charge in [-0.1, -0.05) is 36.4 Å². The van der Waals surface area contributed by atoms with E-state index in [-0.39, 0.29) is 0 Å². The summed E-state index contributed by atoms with van der Waals surface area (Å²) < 4.78 is 4.59. The fraction of sp³-hybridized carbons (Fsp3) is 0.417.